The Morgan fingerprint density at radius 3 is 2.25 bits per heavy atom. The van der Waals surface area contributed by atoms with Gasteiger partial charge in [0.05, 0.1) is 23.3 Å². The van der Waals surface area contributed by atoms with Crippen LogP contribution in [-0.2, 0) is 18.8 Å². The van der Waals surface area contributed by atoms with Gasteiger partial charge >= 0.3 is 18.4 Å². The first-order valence-electron chi connectivity index (χ1n) is 11.4. The van der Waals surface area contributed by atoms with Crippen LogP contribution in [0.25, 0.3) is 0 Å². The number of nitrogens with one attached hydrogen (secondary N) is 1. The molecule has 2 N–H and O–H groups in total. The molecule has 4 nitrogen and oxygen atoms in total. The lowest BCUT2D eigenvalue weighted by atomic mass is 9.91. The number of aliphatic hydroxyl groups is 1. The van der Waals surface area contributed by atoms with Gasteiger partial charge < -0.3 is 15.3 Å². The average molecular weight is 520 g/mol. The molecular formula is C25H27F7N2O2. The summed E-state index contributed by atoms with van der Waals surface area (Å²) in [6, 6.07) is 4.62. The number of hydrogen-bond acceptors (Lipinski definition) is 2. The van der Waals surface area contributed by atoms with Crippen molar-refractivity contribution in [3.05, 3.63) is 70.0 Å². The second kappa shape index (κ2) is 10.7. The molecule has 2 aromatic carbocycles. The highest BCUT2D eigenvalue weighted by Gasteiger charge is 2.37. The number of nitrogens with zero attached hydrogens (tertiary/aromatic N) is 1. The van der Waals surface area contributed by atoms with Gasteiger partial charge in [0.1, 0.15) is 5.82 Å². The van der Waals surface area contributed by atoms with Crippen molar-refractivity contribution < 1.29 is 40.6 Å². The number of rotatable bonds is 5. The molecule has 1 unspecified atom stereocenters. The maximum Gasteiger partial charge on any atom is 0.416 e. The van der Waals surface area contributed by atoms with Crippen molar-refractivity contribution in [2.24, 2.45) is 5.92 Å². The van der Waals surface area contributed by atoms with Crippen molar-refractivity contribution in [2.45, 2.75) is 57.6 Å². The van der Waals surface area contributed by atoms with E-state index in [0.717, 1.165) is 0 Å². The Hall–Kier alpha value is -2.82. The zero-order chi connectivity index (χ0) is 26.8. The molecule has 0 aromatic heterocycles. The van der Waals surface area contributed by atoms with Gasteiger partial charge in [-0.25, -0.2) is 9.18 Å². The van der Waals surface area contributed by atoms with Gasteiger partial charge in [0, 0.05) is 13.1 Å². The van der Waals surface area contributed by atoms with Crippen LogP contribution in [0.4, 0.5) is 35.5 Å². The van der Waals surface area contributed by atoms with Gasteiger partial charge in [-0.2, -0.15) is 26.3 Å². The lowest BCUT2D eigenvalue weighted by Crippen LogP contribution is -2.48. The van der Waals surface area contributed by atoms with E-state index in [1.807, 2.05) is 0 Å². The van der Waals surface area contributed by atoms with Crippen LogP contribution in [0, 0.1) is 18.7 Å². The second-order valence-electron chi connectivity index (χ2n) is 9.30. The lowest BCUT2D eigenvalue weighted by molar-refractivity contribution is -0.143. The minimum Gasteiger partial charge on any atom is -0.393 e. The van der Waals surface area contributed by atoms with Crippen LogP contribution in [0.2, 0.25) is 0 Å². The molecular weight excluding hydrogens is 493 g/mol. The smallest absolute Gasteiger partial charge is 0.393 e. The molecule has 0 spiro atoms. The van der Waals surface area contributed by atoms with Crippen molar-refractivity contribution in [1.82, 2.24) is 10.2 Å². The van der Waals surface area contributed by atoms with E-state index in [0.29, 0.717) is 29.7 Å². The van der Waals surface area contributed by atoms with E-state index in [4.69, 9.17) is 0 Å². The van der Waals surface area contributed by atoms with Gasteiger partial charge in [-0.05, 0) is 79.1 Å². The third-order valence-electron chi connectivity index (χ3n) is 6.26. The van der Waals surface area contributed by atoms with Crippen molar-refractivity contribution in [1.29, 1.82) is 0 Å². The number of halogens is 7. The average Bonchev–Trinajstić information content (AvgIpc) is 2.76. The lowest BCUT2D eigenvalue weighted by Gasteiger charge is -2.39. The number of aliphatic hydroxyl groups excluding tert-OH is 1. The summed E-state index contributed by atoms with van der Waals surface area (Å²) in [5, 5.41) is 12.8. The van der Waals surface area contributed by atoms with Crippen LogP contribution in [-0.4, -0.2) is 35.2 Å². The number of urea groups is 1. The fourth-order valence-electron chi connectivity index (χ4n) is 4.47. The minimum atomic E-state index is -4.93. The summed E-state index contributed by atoms with van der Waals surface area (Å²) < 4.78 is 92.3. The normalized spacial score (nSPS) is 19.8. The van der Waals surface area contributed by atoms with E-state index in [1.165, 1.54) is 17.0 Å². The summed E-state index contributed by atoms with van der Waals surface area (Å²) >= 11 is 0. The zero-order valence-electron chi connectivity index (χ0n) is 19.7. The van der Waals surface area contributed by atoms with Gasteiger partial charge in [0.25, 0.3) is 0 Å². The van der Waals surface area contributed by atoms with E-state index >= 15 is 0 Å². The number of hydrogen-bond donors (Lipinski definition) is 2. The maximum absolute atomic E-state index is 13.5. The van der Waals surface area contributed by atoms with E-state index in [9.17, 15) is 40.6 Å². The fourth-order valence-corrected chi connectivity index (χ4v) is 4.47. The van der Waals surface area contributed by atoms with E-state index in [2.05, 4.69) is 5.32 Å². The molecule has 36 heavy (non-hydrogen) atoms. The Morgan fingerprint density at radius 2 is 1.69 bits per heavy atom. The number of carbonyl (C=O) groups excluding carboxylic acids is 1. The molecule has 3 rings (SSSR count). The number of benzene rings is 2. The summed E-state index contributed by atoms with van der Waals surface area (Å²) in [5.41, 5.74) is -1.60. The van der Waals surface area contributed by atoms with E-state index in [-0.39, 0.29) is 37.6 Å². The highest BCUT2D eigenvalue weighted by atomic mass is 19.4. The van der Waals surface area contributed by atoms with Crippen LogP contribution < -0.4 is 5.32 Å². The molecule has 11 heteroatoms. The molecule has 3 atom stereocenters. The molecule has 1 fully saturated rings. The van der Waals surface area contributed by atoms with Gasteiger partial charge in [-0.15, -0.1) is 0 Å². The Balaban J connectivity index is 1.71. The zero-order valence-corrected chi connectivity index (χ0v) is 19.7. The highest BCUT2D eigenvalue weighted by Crippen LogP contribution is 2.37. The molecule has 1 aliphatic heterocycles. The number of carbonyl (C=O) groups is 1. The number of aryl methyl sites for hydroxylation is 1. The maximum atomic E-state index is 13.5. The Kier molecular flexibility index (Phi) is 8.22. The van der Waals surface area contributed by atoms with Crippen LogP contribution in [0.5, 0.6) is 0 Å². The fraction of sp³-hybridized carbons (Fsp3) is 0.480. The second-order valence-corrected chi connectivity index (χ2v) is 9.30. The first-order chi connectivity index (χ1) is 16.6. The Bertz CT molecular complexity index is 1050. The van der Waals surface area contributed by atoms with Crippen LogP contribution >= 0.6 is 0 Å². The summed E-state index contributed by atoms with van der Waals surface area (Å²) in [5.74, 6) is -0.902. The first-order valence-corrected chi connectivity index (χ1v) is 11.4. The third kappa shape index (κ3) is 6.89. The summed E-state index contributed by atoms with van der Waals surface area (Å²) in [7, 11) is 0. The summed E-state index contributed by atoms with van der Waals surface area (Å²) in [4.78, 5) is 14.5. The molecule has 0 aliphatic carbocycles. The van der Waals surface area contributed by atoms with Crippen LogP contribution in [0.3, 0.4) is 0 Å². The predicted octanol–water partition coefficient (Wildman–Crippen LogP) is 6.26. The predicted molar refractivity (Wildman–Crippen MR) is 119 cm³/mol. The highest BCUT2D eigenvalue weighted by molar-refractivity contribution is 5.75. The Labute approximate surface area is 204 Å². The third-order valence-corrected chi connectivity index (χ3v) is 6.26. The largest absolute Gasteiger partial charge is 0.416 e. The molecule has 0 radical (unpaired) electrons. The van der Waals surface area contributed by atoms with Gasteiger partial charge in [0.15, 0.2) is 0 Å². The number of amides is 2. The van der Waals surface area contributed by atoms with Crippen LogP contribution in [0.1, 0.15) is 53.6 Å². The molecule has 0 bridgehead atoms. The van der Waals surface area contributed by atoms with Crippen molar-refractivity contribution >= 4 is 6.03 Å². The van der Waals surface area contributed by atoms with Gasteiger partial charge in [-0.3, -0.25) is 0 Å². The summed E-state index contributed by atoms with van der Waals surface area (Å²) in [6.07, 6.45) is -10.0. The van der Waals surface area contributed by atoms with Crippen molar-refractivity contribution in [3.63, 3.8) is 0 Å². The number of piperidine rings is 1. The van der Waals surface area contributed by atoms with Gasteiger partial charge in [0.2, 0.25) is 0 Å². The first kappa shape index (κ1) is 27.8. The summed E-state index contributed by atoms with van der Waals surface area (Å²) in [6.45, 7) is 3.53. The van der Waals surface area contributed by atoms with Crippen molar-refractivity contribution in [2.75, 3.05) is 13.1 Å². The topological polar surface area (TPSA) is 52.6 Å². The van der Waals surface area contributed by atoms with Crippen molar-refractivity contribution in [3.8, 4) is 0 Å². The standard InChI is InChI=1S/C25H27F7N2O2/c1-14(7-16-9-17(24(27,28)29)11-18(10-16)25(30,31)32)13-33-23(36)34-6-5-20(35)12-22(34)21-4-3-19(26)8-15(21)2/h3-4,8-11,14,20,22,35H,5-7,12-13H2,1-2H3,(H,33,36)/t14?,20-,22+/m0/s1. The SMILES string of the molecule is Cc1cc(F)ccc1[C@H]1C[C@@H](O)CCN1C(=O)NCC(C)Cc1cc(C(F)(F)F)cc(C(F)(F)F)c1. The molecule has 2 amide bonds. The minimum absolute atomic E-state index is 0.00457. The molecule has 2 aromatic rings. The molecule has 1 heterocycles. The quantitative estimate of drug-likeness (QED) is 0.458. The van der Waals surface area contributed by atoms with Gasteiger partial charge in [-0.1, -0.05) is 13.0 Å². The molecule has 1 saturated heterocycles. The molecule has 0 saturated carbocycles. The Morgan fingerprint density at radius 1 is 1.08 bits per heavy atom. The number of likely N-dealkylation sites (tertiary alicyclic amines) is 1. The molecule has 198 valence electrons. The van der Waals surface area contributed by atoms with E-state index < -0.39 is 53.4 Å². The van der Waals surface area contributed by atoms with E-state index in [1.54, 1.807) is 19.9 Å². The molecule has 1 aliphatic rings. The number of alkyl halides is 6. The monoisotopic (exact) mass is 520 g/mol. The van der Waals surface area contributed by atoms with Crippen LogP contribution in [0.15, 0.2) is 36.4 Å².